The van der Waals surface area contributed by atoms with Gasteiger partial charge in [-0.3, -0.25) is 9.80 Å². The van der Waals surface area contributed by atoms with E-state index in [0.717, 1.165) is 11.1 Å². The molecule has 2 atom stereocenters. The standard InChI is InChI=1S/C19H19FN2O3S/c1-12-7-13(2)9-16(8-12)22-18-11-26(24,25)10-17(18)21(19(22)23)15-5-3-14(20)4-6-15/h3-9,17-18H,10-11H2,1-2H3. The first-order valence-corrected chi connectivity index (χ1v) is 10.2. The number of hydrogen-bond donors (Lipinski definition) is 0. The summed E-state index contributed by atoms with van der Waals surface area (Å²) in [7, 11) is -3.25. The first kappa shape index (κ1) is 17.0. The van der Waals surface area contributed by atoms with Gasteiger partial charge in [-0.25, -0.2) is 17.6 Å². The predicted octanol–water partition coefficient (Wildman–Crippen LogP) is 3.05. The molecule has 2 aliphatic rings. The van der Waals surface area contributed by atoms with Crippen LogP contribution in [-0.4, -0.2) is 38.0 Å². The molecule has 2 heterocycles. The monoisotopic (exact) mass is 374 g/mol. The zero-order valence-electron chi connectivity index (χ0n) is 14.5. The number of fused-ring (bicyclic) bond motifs is 1. The minimum Gasteiger partial charge on any atom is -0.288 e. The molecule has 0 spiro atoms. The Morgan fingerprint density at radius 3 is 1.92 bits per heavy atom. The van der Waals surface area contributed by atoms with Crippen molar-refractivity contribution in [2.75, 3.05) is 21.3 Å². The molecule has 0 aliphatic carbocycles. The minimum atomic E-state index is -3.25. The lowest BCUT2D eigenvalue weighted by molar-refractivity contribution is 0.255. The fourth-order valence-electron chi connectivity index (χ4n) is 4.00. The Balaban J connectivity index is 1.82. The van der Waals surface area contributed by atoms with Crippen molar-refractivity contribution < 1.29 is 17.6 Å². The van der Waals surface area contributed by atoms with Crippen LogP contribution >= 0.6 is 0 Å². The molecule has 2 saturated heterocycles. The fourth-order valence-corrected chi connectivity index (χ4v) is 5.92. The molecule has 2 aromatic rings. The molecule has 2 amide bonds. The van der Waals surface area contributed by atoms with Gasteiger partial charge in [-0.05, 0) is 61.4 Å². The van der Waals surface area contributed by atoms with Crippen LogP contribution in [0, 0.1) is 19.7 Å². The van der Waals surface area contributed by atoms with Gasteiger partial charge in [0.1, 0.15) is 5.82 Å². The van der Waals surface area contributed by atoms with Gasteiger partial charge in [-0.15, -0.1) is 0 Å². The Labute approximate surface area is 152 Å². The third-order valence-corrected chi connectivity index (χ3v) is 6.66. The topological polar surface area (TPSA) is 57.7 Å². The number of nitrogens with zero attached hydrogens (tertiary/aromatic N) is 2. The van der Waals surface area contributed by atoms with Crippen molar-refractivity contribution in [2.45, 2.75) is 25.9 Å². The van der Waals surface area contributed by atoms with Crippen LogP contribution in [-0.2, 0) is 9.84 Å². The highest BCUT2D eigenvalue weighted by Crippen LogP contribution is 2.38. The number of carbonyl (C=O) groups excluding carboxylic acids is 1. The van der Waals surface area contributed by atoms with Crippen LogP contribution in [0.2, 0.25) is 0 Å². The Morgan fingerprint density at radius 2 is 1.38 bits per heavy atom. The highest BCUT2D eigenvalue weighted by Gasteiger charge is 2.54. The van der Waals surface area contributed by atoms with E-state index in [4.69, 9.17) is 0 Å². The summed E-state index contributed by atoms with van der Waals surface area (Å²) in [6.45, 7) is 3.88. The van der Waals surface area contributed by atoms with Crippen LogP contribution in [0.1, 0.15) is 11.1 Å². The van der Waals surface area contributed by atoms with E-state index in [1.54, 1.807) is 4.90 Å². The van der Waals surface area contributed by atoms with E-state index in [0.29, 0.717) is 11.4 Å². The summed E-state index contributed by atoms with van der Waals surface area (Å²) in [5.74, 6) is -0.543. The van der Waals surface area contributed by atoms with E-state index < -0.39 is 27.7 Å². The number of amides is 2. The second-order valence-electron chi connectivity index (χ2n) is 7.06. The first-order valence-electron chi connectivity index (χ1n) is 8.42. The van der Waals surface area contributed by atoms with E-state index in [9.17, 15) is 17.6 Å². The number of anilines is 2. The predicted molar refractivity (Wildman–Crippen MR) is 98.9 cm³/mol. The van der Waals surface area contributed by atoms with Crippen molar-refractivity contribution in [3.05, 3.63) is 59.4 Å². The molecule has 2 fully saturated rings. The number of halogens is 1. The number of aryl methyl sites for hydroxylation is 2. The first-order chi connectivity index (χ1) is 12.2. The number of hydrogen-bond acceptors (Lipinski definition) is 3. The minimum absolute atomic E-state index is 0.0614. The number of sulfone groups is 1. The molecule has 2 unspecified atom stereocenters. The van der Waals surface area contributed by atoms with E-state index in [1.807, 2.05) is 32.0 Å². The SMILES string of the molecule is Cc1cc(C)cc(N2C(=O)N(c3ccc(F)cc3)C3CS(=O)(=O)CC32)c1. The molecule has 4 rings (SSSR count). The van der Waals surface area contributed by atoms with E-state index in [-0.39, 0.29) is 17.5 Å². The van der Waals surface area contributed by atoms with E-state index in [2.05, 4.69) is 0 Å². The van der Waals surface area contributed by atoms with Gasteiger partial charge < -0.3 is 0 Å². The third-order valence-electron chi connectivity index (χ3n) is 4.96. The molecule has 136 valence electrons. The van der Waals surface area contributed by atoms with Crippen LogP contribution in [0.15, 0.2) is 42.5 Å². The summed E-state index contributed by atoms with van der Waals surface area (Å²) in [4.78, 5) is 16.3. The second kappa shape index (κ2) is 5.81. The molecule has 0 radical (unpaired) electrons. The maximum absolute atomic E-state index is 13.3. The van der Waals surface area contributed by atoms with Crippen LogP contribution in [0.4, 0.5) is 20.6 Å². The smallest absolute Gasteiger partial charge is 0.288 e. The van der Waals surface area contributed by atoms with Gasteiger partial charge in [0.15, 0.2) is 9.84 Å². The van der Waals surface area contributed by atoms with Gasteiger partial charge in [-0.2, -0.15) is 0 Å². The number of urea groups is 1. The highest BCUT2D eigenvalue weighted by atomic mass is 32.2. The molecule has 0 saturated carbocycles. The molecule has 0 aromatic heterocycles. The lowest BCUT2D eigenvalue weighted by Gasteiger charge is -2.23. The number of carbonyl (C=O) groups is 1. The van der Waals surface area contributed by atoms with Gasteiger partial charge in [0.25, 0.3) is 0 Å². The van der Waals surface area contributed by atoms with E-state index >= 15 is 0 Å². The fraction of sp³-hybridized carbons (Fsp3) is 0.316. The van der Waals surface area contributed by atoms with Gasteiger partial charge in [0.2, 0.25) is 0 Å². The Hall–Kier alpha value is -2.41. The van der Waals surface area contributed by atoms with Gasteiger partial charge in [0, 0.05) is 11.4 Å². The third kappa shape index (κ3) is 2.76. The van der Waals surface area contributed by atoms with Crippen molar-refractivity contribution in [1.82, 2.24) is 0 Å². The maximum Gasteiger partial charge on any atom is 0.329 e. The molecule has 0 N–H and O–H groups in total. The van der Waals surface area contributed by atoms with Crippen molar-refractivity contribution in [3.63, 3.8) is 0 Å². The Morgan fingerprint density at radius 1 is 0.885 bits per heavy atom. The van der Waals surface area contributed by atoms with Crippen molar-refractivity contribution in [2.24, 2.45) is 0 Å². The van der Waals surface area contributed by atoms with Crippen molar-refractivity contribution in [1.29, 1.82) is 0 Å². The molecule has 7 heteroatoms. The molecule has 2 aliphatic heterocycles. The number of rotatable bonds is 2. The Bertz CT molecular complexity index is 968. The summed E-state index contributed by atoms with van der Waals surface area (Å²) in [5, 5.41) is 0. The molecule has 26 heavy (non-hydrogen) atoms. The zero-order chi connectivity index (χ0) is 18.6. The van der Waals surface area contributed by atoms with Crippen molar-refractivity contribution in [3.8, 4) is 0 Å². The average Bonchev–Trinajstić information content (AvgIpc) is 2.96. The summed E-state index contributed by atoms with van der Waals surface area (Å²) >= 11 is 0. The molecule has 5 nitrogen and oxygen atoms in total. The average molecular weight is 374 g/mol. The second-order valence-corrected chi connectivity index (χ2v) is 9.21. The molecular weight excluding hydrogens is 355 g/mol. The summed E-state index contributed by atoms with van der Waals surface area (Å²) in [5.41, 5.74) is 3.22. The van der Waals surface area contributed by atoms with Crippen LogP contribution < -0.4 is 9.80 Å². The van der Waals surface area contributed by atoms with Crippen LogP contribution in [0.25, 0.3) is 0 Å². The van der Waals surface area contributed by atoms with Crippen molar-refractivity contribution >= 4 is 27.2 Å². The molecule has 2 aromatic carbocycles. The van der Waals surface area contributed by atoms with E-state index in [1.165, 1.54) is 29.2 Å². The molecule has 0 bridgehead atoms. The van der Waals surface area contributed by atoms with Gasteiger partial charge in [0.05, 0.1) is 23.6 Å². The van der Waals surface area contributed by atoms with Crippen LogP contribution in [0.5, 0.6) is 0 Å². The zero-order valence-corrected chi connectivity index (χ0v) is 15.3. The van der Waals surface area contributed by atoms with Gasteiger partial charge in [-0.1, -0.05) is 6.07 Å². The Kier molecular flexibility index (Phi) is 3.80. The largest absolute Gasteiger partial charge is 0.329 e. The lowest BCUT2D eigenvalue weighted by Crippen LogP contribution is -2.38. The summed E-state index contributed by atoms with van der Waals surface area (Å²) < 4.78 is 37.8. The normalized spacial score (nSPS) is 24.2. The lowest BCUT2D eigenvalue weighted by atomic mass is 10.1. The maximum atomic E-state index is 13.3. The summed E-state index contributed by atoms with van der Waals surface area (Å²) in [6.07, 6.45) is 0. The van der Waals surface area contributed by atoms with Crippen LogP contribution in [0.3, 0.4) is 0 Å². The molecular formula is C19H19FN2O3S. The van der Waals surface area contributed by atoms with Gasteiger partial charge >= 0.3 is 6.03 Å². The highest BCUT2D eigenvalue weighted by molar-refractivity contribution is 7.91. The summed E-state index contributed by atoms with van der Waals surface area (Å²) in [6, 6.07) is 10.2. The number of benzene rings is 2. The quantitative estimate of drug-likeness (QED) is 0.759.